The molecule has 1 aliphatic carbocycles. The van der Waals surface area contributed by atoms with E-state index in [0.29, 0.717) is 11.6 Å². The van der Waals surface area contributed by atoms with Crippen LogP contribution in [0, 0.1) is 11.8 Å². The van der Waals surface area contributed by atoms with Gasteiger partial charge >= 0.3 is 5.97 Å². The van der Waals surface area contributed by atoms with Crippen LogP contribution in [0.1, 0.15) is 13.3 Å². The van der Waals surface area contributed by atoms with E-state index in [0.717, 1.165) is 6.42 Å². The number of anilines is 1. The number of rotatable bonds is 4. The van der Waals surface area contributed by atoms with Crippen molar-refractivity contribution in [2.24, 2.45) is 11.8 Å². The molecule has 1 saturated carbocycles. The molecular formula is C12H13ClN2O3. The Bertz CT molecular complexity index is 478. The molecule has 1 fully saturated rings. The molecule has 0 aliphatic heterocycles. The van der Waals surface area contributed by atoms with E-state index in [1.807, 2.05) is 6.92 Å². The number of esters is 1. The molecule has 96 valence electrons. The molecule has 1 N–H and O–H groups in total. The summed E-state index contributed by atoms with van der Waals surface area (Å²) >= 11 is 5.78. The number of pyridine rings is 1. The highest BCUT2D eigenvalue weighted by atomic mass is 35.5. The lowest BCUT2D eigenvalue weighted by Gasteiger charge is -2.06. The third-order valence-corrected chi connectivity index (χ3v) is 3.09. The summed E-state index contributed by atoms with van der Waals surface area (Å²) < 4.78 is 4.90. The molecule has 0 unspecified atom stereocenters. The van der Waals surface area contributed by atoms with Crippen LogP contribution in [0.3, 0.4) is 0 Å². The minimum atomic E-state index is -0.424. The van der Waals surface area contributed by atoms with Crippen molar-refractivity contribution in [2.75, 3.05) is 11.9 Å². The topological polar surface area (TPSA) is 68.3 Å². The standard InChI is InChI=1S/C12H13ClN2O3/c1-7-5-8(7)12(17)18-6-10(16)15-9-3-2-4-14-11(9)13/h2-4,7-8H,5-6H2,1H3,(H,15,16)/t7-,8+/m1/s1. The Labute approximate surface area is 109 Å². The summed E-state index contributed by atoms with van der Waals surface area (Å²) in [6.07, 6.45) is 2.36. The average molecular weight is 269 g/mol. The third kappa shape index (κ3) is 3.20. The van der Waals surface area contributed by atoms with Gasteiger partial charge in [0.15, 0.2) is 11.8 Å². The summed E-state index contributed by atoms with van der Waals surface area (Å²) in [7, 11) is 0. The van der Waals surface area contributed by atoms with Gasteiger partial charge in [-0.15, -0.1) is 0 Å². The zero-order chi connectivity index (χ0) is 13.1. The molecule has 0 aromatic carbocycles. The average Bonchev–Trinajstić information content (AvgIpc) is 3.06. The number of ether oxygens (including phenoxy) is 1. The molecule has 5 nitrogen and oxygen atoms in total. The van der Waals surface area contributed by atoms with E-state index in [-0.39, 0.29) is 23.6 Å². The summed E-state index contributed by atoms with van der Waals surface area (Å²) in [5, 5.41) is 2.73. The first-order chi connectivity index (χ1) is 8.58. The smallest absolute Gasteiger partial charge is 0.309 e. The van der Waals surface area contributed by atoms with Gasteiger partial charge in [0.1, 0.15) is 0 Å². The number of halogens is 1. The van der Waals surface area contributed by atoms with Crippen molar-refractivity contribution in [2.45, 2.75) is 13.3 Å². The molecule has 2 rings (SSSR count). The second-order valence-corrected chi connectivity index (χ2v) is 4.68. The summed E-state index contributed by atoms with van der Waals surface area (Å²) in [5.41, 5.74) is 0.403. The fourth-order valence-electron chi connectivity index (χ4n) is 1.56. The molecule has 0 saturated heterocycles. The molecule has 1 aromatic heterocycles. The SMILES string of the molecule is C[C@@H]1C[C@@H]1C(=O)OCC(=O)Nc1cccnc1Cl. The predicted molar refractivity (Wildman–Crippen MR) is 66.1 cm³/mol. The van der Waals surface area contributed by atoms with Crippen molar-refractivity contribution in [3.05, 3.63) is 23.5 Å². The molecule has 1 aliphatic rings. The van der Waals surface area contributed by atoms with Gasteiger partial charge in [-0.25, -0.2) is 4.98 Å². The van der Waals surface area contributed by atoms with Gasteiger partial charge in [-0.3, -0.25) is 9.59 Å². The number of hydrogen-bond acceptors (Lipinski definition) is 4. The first-order valence-electron chi connectivity index (χ1n) is 5.65. The van der Waals surface area contributed by atoms with Crippen molar-refractivity contribution in [1.82, 2.24) is 4.98 Å². The molecule has 2 atom stereocenters. The largest absolute Gasteiger partial charge is 0.455 e. The Morgan fingerprint density at radius 3 is 2.94 bits per heavy atom. The van der Waals surface area contributed by atoms with Crippen LogP contribution in [0.5, 0.6) is 0 Å². The number of amides is 1. The zero-order valence-corrected chi connectivity index (χ0v) is 10.6. The van der Waals surface area contributed by atoms with Gasteiger partial charge in [0.05, 0.1) is 11.6 Å². The fourth-order valence-corrected chi connectivity index (χ4v) is 1.73. The van der Waals surface area contributed by atoms with E-state index in [1.54, 1.807) is 12.1 Å². The van der Waals surface area contributed by atoms with Crippen LogP contribution in [0.15, 0.2) is 18.3 Å². The normalized spacial score (nSPS) is 21.2. The summed E-state index contributed by atoms with van der Waals surface area (Å²) in [6, 6.07) is 3.28. The maximum atomic E-state index is 11.5. The molecule has 18 heavy (non-hydrogen) atoms. The van der Waals surface area contributed by atoms with E-state index >= 15 is 0 Å². The van der Waals surface area contributed by atoms with E-state index in [9.17, 15) is 9.59 Å². The lowest BCUT2D eigenvalue weighted by atomic mass is 10.3. The van der Waals surface area contributed by atoms with Crippen molar-refractivity contribution in [3.8, 4) is 0 Å². The second-order valence-electron chi connectivity index (χ2n) is 4.32. The Morgan fingerprint density at radius 2 is 2.33 bits per heavy atom. The first kappa shape index (κ1) is 12.8. The summed E-state index contributed by atoms with van der Waals surface area (Å²) in [4.78, 5) is 26.7. The summed E-state index contributed by atoms with van der Waals surface area (Å²) in [5.74, 6) is -0.408. The third-order valence-electron chi connectivity index (χ3n) is 2.79. The molecule has 6 heteroatoms. The Balaban J connectivity index is 1.79. The van der Waals surface area contributed by atoms with E-state index in [1.165, 1.54) is 6.20 Å². The monoisotopic (exact) mass is 268 g/mol. The number of carbonyl (C=O) groups is 2. The quantitative estimate of drug-likeness (QED) is 0.669. The van der Waals surface area contributed by atoms with Crippen LogP contribution >= 0.6 is 11.6 Å². The Morgan fingerprint density at radius 1 is 1.61 bits per heavy atom. The van der Waals surface area contributed by atoms with Crippen LogP contribution in [-0.2, 0) is 14.3 Å². The van der Waals surface area contributed by atoms with Gasteiger partial charge in [-0.1, -0.05) is 18.5 Å². The zero-order valence-electron chi connectivity index (χ0n) is 9.85. The number of aromatic nitrogens is 1. The van der Waals surface area contributed by atoms with Crippen molar-refractivity contribution in [3.63, 3.8) is 0 Å². The van der Waals surface area contributed by atoms with Crippen molar-refractivity contribution in [1.29, 1.82) is 0 Å². The van der Waals surface area contributed by atoms with E-state index < -0.39 is 5.91 Å². The van der Waals surface area contributed by atoms with Crippen LogP contribution < -0.4 is 5.32 Å². The van der Waals surface area contributed by atoms with Gasteiger partial charge in [0, 0.05) is 6.20 Å². The van der Waals surface area contributed by atoms with E-state index in [4.69, 9.17) is 16.3 Å². The highest BCUT2D eigenvalue weighted by Crippen LogP contribution is 2.38. The lowest BCUT2D eigenvalue weighted by Crippen LogP contribution is -2.22. The van der Waals surface area contributed by atoms with Gasteiger partial charge < -0.3 is 10.1 Å². The second kappa shape index (κ2) is 5.35. The fraction of sp³-hybridized carbons (Fsp3) is 0.417. The predicted octanol–water partition coefficient (Wildman–Crippen LogP) is 1.87. The summed E-state index contributed by atoms with van der Waals surface area (Å²) in [6.45, 7) is 1.68. The number of carbonyl (C=O) groups excluding carboxylic acids is 2. The number of nitrogens with zero attached hydrogens (tertiary/aromatic N) is 1. The van der Waals surface area contributed by atoms with Crippen LogP contribution in [0.4, 0.5) is 5.69 Å². The van der Waals surface area contributed by atoms with Crippen LogP contribution in [0.25, 0.3) is 0 Å². The molecule has 0 bridgehead atoms. The molecule has 1 heterocycles. The van der Waals surface area contributed by atoms with E-state index in [2.05, 4.69) is 10.3 Å². The van der Waals surface area contributed by atoms with Crippen molar-refractivity contribution < 1.29 is 14.3 Å². The van der Waals surface area contributed by atoms with Crippen LogP contribution in [-0.4, -0.2) is 23.5 Å². The minimum absolute atomic E-state index is 0.0419. The van der Waals surface area contributed by atoms with Gasteiger partial charge in [0.25, 0.3) is 5.91 Å². The highest BCUT2D eigenvalue weighted by Gasteiger charge is 2.40. The Kier molecular flexibility index (Phi) is 3.81. The molecule has 0 radical (unpaired) electrons. The van der Waals surface area contributed by atoms with Gasteiger partial charge in [-0.05, 0) is 24.5 Å². The number of nitrogens with one attached hydrogen (secondary N) is 1. The lowest BCUT2D eigenvalue weighted by molar-refractivity contribution is -0.148. The highest BCUT2D eigenvalue weighted by molar-refractivity contribution is 6.32. The van der Waals surface area contributed by atoms with Gasteiger partial charge in [0.2, 0.25) is 0 Å². The Hall–Kier alpha value is -1.62. The minimum Gasteiger partial charge on any atom is -0.455 e. The number of hydrogen-bond donors (Lipinski definition) is 1. The molecule has 1 aromatic rings. The molecule has 0 spiro atoms. The molecular weight excluding hydrogens is 256 g/mol. The maximum Gasteiger partial charge on any atom is 0.309 e. The van der Waals surface area contributed by atoms with Crippen LogP contribution in [0.2, 0.25) is 5.15 Å². The van der Waals surface area contributed by atoms with Gasteiger partial charge in [-0.2, -0.15) is 0 Å². The molecule has 1 amide bonds. The maximum absolute atomic E-state index is 11.5. The first-order valence-corrected chi connectivity index (χ1v) is 6.02. The van der Waals surface area contributed by atoms with Crippen molar-refractivity contribution >= 4 is 29.2 Å².